The van der Waals surface area contributed by atoms with E-state index in [-0.39, 0.29) is 24.3 Å². The first-order valence-electron chi connectivity index (χ1n) is 6.62. The van der Waals surface area contributed by atoms with Crippen LogP contribution in [0.2, 0.25) is 0 Å². The van der Waals surface area contributed by atoms with Crippen molar-refractivity contribution >= 4 is 0 Å². The second-order valence-corrected chi connectivity index (χ2v) is 5.98. The Balaban J connectivity index is 2.44. The Morgan fingerprint density at radius 1 is 1.47 bits per heavy atom. The van der Waals surface area contributed by atoms with Gasteiger partial charge in [0.15, 0.2) is 0 Å². The van der Waals surface area contributed by atoms with Crippen LogP contribution >= 0.6 is 0 Å². The maximum atomic E-state index is 13.3. The van der Waals surface area contributed by atoms with Gasteiger partial charge in [0.2, 0.25) is 5.92 Å². The Kier molecular flexibility index (Phi) is 4.90. The minimum absolute atomic E-state index is 0.0265. The molecule has 102 valence electrons. The molecule has 2 atom stereocenters. The molecule has 0 radical (unpaired) electrons. The van der Waals surface area contributed by atoms with Crippen LogP contribution in [-0.2, 0) is 0 Å². The van der Waals surface area contributed by atoms with E-state index in [1.165, 1.54) is 0 Å². The summed E-state index contributed by atoms with van der Waals surface area (Å²) in [5, 5.41) is 3.39. The molecule has 17 heavy (non-hydrogen) atoms. The molecule has 1 saturated carbocycles. The van der Waals surface area contributed by atoms with E-state index >= 15 is 0 Å². The van der Waals surface area contributed by atoms with Crippen molar-refractivity contribution in [2.75, 3.05) is 13.1 Å². The molecule has 0 amide bonds. The van der Waals surface area contributed by atoms with Gasteiger partial charge in [0.1, 0.15) is 0 Å². The molecular formula is C13H26F2N2. The minimum atomic E-state index is -2.46. The highest BCUT2D eigenvalue weighted by Crippen LogP contribution is 2.36. The molecule has 2 unspecified atom stereocenters. The van der Waals surface area contributed by atoms with Crippen molar-refractivity contribution in [1.29, 1.82) is 0 Å². The number of halogens is 2. The smallest absolute Gasteiger partial charge is 0.248 e. The number of rotatable bonds is 5. The van der Waals surface area contributed by atoms with Crippen molar-refractivity contribution in [3.05, 3.63) is 0 Å². The van der Waals surface area contributed by atoms with Crippen molar-refractivity contribution in [3.63, 3.8) is 0 Å². The predicted octanol–water partition coefficient (Wildman–Crippen LogP) is 2.77. The van der Waals surface area contributed by atoms with Crippen LogP contribution in [0.1, 0.15) is 46.5 Å². The molecule has 3 N–H and O–H groups in total. The first-order chi connectivity index (χ1) is 7.79. The monoisotopic (exact) mass is 248 g/mol. The van der Waals surface area contributed by atoms with Crippen LogP contribution in [0, 0.1) is 11.8 Å². The third-order valence-electron chi connectivity index (χ3n) is 4.24. The summed E-state index contributed by atoms with van der Waals surface area (Å²) >= 11 is 0. The number of alkyl halides is 2. The second-order valence-electron chi connectivity index (χ2n) is 5.98. The van der Waals surface area contributed by atoms with Crippen molar-refractivity contribution in [1.82, 2.24) is 5.32 Å². The maximum Gasteiger partial charge on any atom is 0.248 e. The fourth-order valence-corrected chi connectivity index (χ4v) is 2.34. The fourth-order valence-electron chi connectivity index (χ4n) is 2.34. The van der Waals surface area contributed by atoms with Crippen molar-refractivity contribution < 1.29 is 8.78 Å². The molecule has 0 aromatic rings. The maximum absolute atomic E-state index is 13.3. The van der Waals surface area contributed by atoms with E-state index in [0.29, 0.717) is 25.4 Å². The van der Waals surface area contributed by atoms with Crippen molar-refractivity contribution in [2.45, 2.75) is 57.9 Å². The van der Waals surface area contributed by atoms with E-state index in [0.717, 1.165) is 6.42 Å². The standard InChI is InChI=1S/C13H26F2N2/c1-10(2)12(3,9-16)17-8-11-5-4-6-13(14,15)7-11/h10-11,17H,4-9,16H2,1-3H3. The predicted molar refractivity (Wildman–Crippen MR) is 67.2 cm³/mol. The highest BCUT2D eigenvalue weighted by Gasteiger charge is 2.37. The van der Waals surface area contributed by atoms with E-state index in [1.807, 2.05) is 0 Å². The normalized spacial score (nSPS) is 28.1. The zero-order valence-corrected chi connectivity index (χ0v) is 11.2. The molecule has 1 fully saturated rings. The Labute approximate surface area is 103 Å². The molecule has 0 saturated heterocycles. The SMILES string of the molecule is CC(C)C(C)(CN)NCC1CCCC(F)(F)C1. The summed E-state index contributed by atoms with van der Waals surface area (Å²) in [6.07, 6.45) is 1.63. The molecule has 2 nitrogen and oxygen atoms in total. The largest absolute Gasteiger partial charge is 0.329 e. The van der Waals surface area contributed by atoms with Crippen LogP contribution in [0.15, 0.2) is 0 Å². The number of nitrogens with one attached hydrogen (secondary N) is 1. The van der Waals surface area contributed by atoms with Gasteiger partial charge in [0, 0.05) is 24.9 Å². The summed E-state index contributed by atoms with van der Waals surface area (Å²) in [6.45, 7) is 7.47. The molecule has 1 rings (SSSR count). The topological polar surface area (TPSA) is 38.0 Å². The molecule has 0 heterocycles. The zero-order chi connectivity index (χ0) is 13.1. The van der Waals surface area contributed by atoms with E-state index in [4.69, 9.17) is 5.73 Å². The van der Waals surface area contributed by atoms with Gasteiger partial charge in [0.25, 0.3) is 0 Å². The molecule has 0 aromatic heterocycles. The van der Waals surface area contributed by atoms with Gasteiger partial charge >= 0.3 is 0 Å². The average Bonchev–Trinajstić information content (AvgIpc) is 2.24. The van der Waals surface area contributed by atoms with E-state index in [1.54, 1.807) is 0 Å². The van der Waals surface area contributed by atoms with Gasteiger partial charge in [-0.15, -0.1) is 0 Å². The molecule has 4 heteroatoms. The third kappa shape index (κ3) is 4.18. The van der Waals surface area contributed by atoms with Gasteiger partial charge in [-0.2, -0.15) is 0 Å². The first kappa shape index (κ1) is 14.8. The second kappa shape index (κ2) is 5.61. The lowest BCUT2D eigenvalue weighted by atomic mass is 9.84. The summed E-state index contributed by atoms with van der Waals surface area (Å²) in [6, 6.07) is 0. The third-order valence-corrected chi connectivity index (χ3v) is 4.24. The molecule has 1 aliphatic rings. The Bertz CT molecular complexity index is 244. The summed E-state index contributed by atoms with van der Waals surface area (Å²) in [5.41, 5.74) is 5.62. The highest BCUT2D eigenvalue weighted by atomic mass is 19.3. The van der Waals surface area contributed by atoms with Crippen molar-refractivity contribution in [2.24, 2.45) is 17.6 Å². The van der Waals surface area contributed by atoms with Gasteiger partial charge < -0.3 is 11.1 Å². The lowest BCUT2D eigenvalue weighted by Crippen LogP contribution is -2.54. The molecular weight excluding hydrogens is 222 g/mol. The molecule has 0 aliphatic heterocycles. The van der Waals surface area contributed by atoms with Gasteiger partial charge in [-0.25, -0.2) is 8.78 Å². The fraction of sp³-hybridized carbons (Fsp3) is 1.00. The lowest BCUT2D eigenvalue weighted by molar-refractivity contribution is -0.0530. The van der Waals surface area contributed by atoms with E-state index < -0.39 is 5.92 Å². The quantitative estimate of drug-likeness (QED) is 0.785. The molecule has 0 bridgehead atoms. The number of hydrogen-bond donors (Lipinski definition) is 2. The van der Waals surface area contributed by atoms with Gasteiger partial charge in [0.05, 0.1) is 0 Å². The van der Waals surface area contributed by atoms with Gasteiger partial charge in [-0.05, 0) is 38.1 Å². The van der Waals surface area contributed by atoms with Gasteiger partial charge in [-0.1, -0.05) is 13.8 Å². The average molecular weight is 248 g/mol. The van der Waals surface area contributed by atoms with E-state index in [9.17, 15) is 8.78 Å². The zero-order valence-electron chi connectivity index (χ0n) is 11.2. The molecule has 1 aliphatic carbocycles. The Morgan fingerprint density at radius 3 is 2.59 bits per heavy atom. The van der Waals surface area contributed by atoms with E-state index in [2.05, 4.69) is 26.1 Å². The van der Waals surface area contributed by atoms with Crippen molar-refractivity contribution in [3.8, 4) is 0 Å². The minimum Gasteiger partial charge on any atom is -0.329 e. The summed E-state index contributed by atoms with van der Waals surface area (Å²) in [4.78, 5) is 0. The summed E-state index contributed by atoms with van der Waals surface area (Å²) in [5.74, 6) is -1.97. The summed E-state index contributed by atoms with van der Waals surface area (Å²) < 4.78 is 26.5. The number of nitrogens with two attached hydrogens (primary N) is 1. The van der Waals surface area contributed by atoms with Gasteiger partial charge in [-0.3, -0.25) is 0 Å². The Hall–Kier alpha value is -0.220. The van der Waals surface area contributed by atoms with Crippen LogP contribution in [-0.4, -0.2) is 24.6 Å². The van der Waals surface area contributed by atoms with Crippen LogP contribution in [0.25, 0.3) is 0 Å². The van der Waals surface area contributed by atoms with Crippen LogP contribution < -0.4 is 11.1 Å². The molecule has 0 spiro atoms. The van der Waals surface area contributed by atoms with Crippen LogP contribution in [0.4, 0.5) is 8.78 Å². The first-order valence-corrected chi connectivity index (χ1v) is 6.62. The number of hydrogen-bond acceptors (Lipinski definition) is 2. The highest BCUT2D eigenvalue weighted by molar-refractivity contribution is 4.89. The lowest BCUT2D eigenvalue weighted by Gasteiger charge is -2.37. The van der Waals surface area contributed by atoms with Crippen LogP contribution in [0.5, 0.6) is 0 Å². The Morgan fingerprint density at radius 2 is 2.12 bits per heavy atom. The van der Waals surface area contributed by atoms with Crippen LogP contribution in [0.3, 0.4) is 0 Å². The molecule has 0 aromatic carbocycles. The summed E-state index contributed by atoms with van der Waals surface area (Å²) in [7, 11) is 0.